The van der Waals surface area contributed by atoms with Gasteiger partial charge < -0.3 is 0 Å². The topological polar surface area (TPSA) is 0 Å². The average Bonchev–Trinajstić information content (AvgIpc) is 3.97. The third-order valence-electron chi connectivity index (χ3n) is 12.5. The summed E-state index contributed by atoms with van der Waals surface area (Å²) in [6.07, 6.45) is 4.67. The van der Waals surface area contributed by atoms with Gasteiger partial charge in [0.2, 0.25) is 0 Å². The second-order valence-corrected chi connectivity index (χ2v) is 24.3. The molecule has 12 rings (SSSR count). The van der Waals surface area contributed by atoms with Crippen LogP contribution in [0.2, 0.25) is 0 Å². The van der Waals surface area contributed by atoms with Crippen LogP contribution in [0.1, 0.15) is 131 Å². The molecule has 4 aliphatic rings. The van der Waals surface area contributed by atoms with Crippen LogP contribution in [0.15, 0.2) is 48.5 Å². The molecular weight excluding hydrogens is 809 g/mol. The summed E-state index contributed by atoms with van der Waals surface area (Å²) in [4.78, 5) is 24.0. The summed E-state index contributed by atoms with van der Waals surface area (Å²) in [6.45, 7) is 14.0. The lowest BCUT2D eigenvalue weighted by molar-refractivity contribution is 0.799. The van der Waals surface area contributed by atoms with Gasteiger partial charge in [-0.05, 0) is 133 Å². The third kappa shape index (κ3) is 4.49. The van der Waals surface area contributed by atoms with Crippen LogP contribution in [0, 0.1) is 13.8 Å². The predicted molar refractivity (Wildman–Crippen MR) is 246 cm³/mol. The SMILES string of the molecule is CCC1c2cc(C)sc2-c2sc(-c3cc4c(s3)-c3sc(-c5cc6c(s5)-c5sc(-c7cc8c(s7)-c7sc(C)cc7C8CC)cc5C6CC)cc3C4CC)cc21. The molecule has 8 heteroatoms. The smallest absolute Gasteiger partial charge is 0.0490 e. The molecule has 0 aromatic carbocycles. The summed E-state index contributed by atoms with van der Waals surface area (Å²) in [5.41, 5.74) is 12.6. The van der Waals surface area contributed by atoms with Crippen LogP contribution >= 0.6 is 90.7 Å². The summed E-state index contributed by atoms with van der Waals surface area (Å²) >= 11 is 16.3. The Morgan fingerprint density at radius 3 is 0.685 bits per heavy atom. The van der Waals surface area contributed by atoms with Gasteiger partial charge >= 0.3 is 0 Å². The van der Waals surface area contributed by atoms with Crippen LogP contribution < -0.4 is 0 Å². The maximum Gasteiger partial charge on any atom is 0.0490 e. The first-order valence-corrected chi connectivity index (χ1v) is 25.9. The zero-order valence-corrected chi connectivity index (χ0v) is 37.6. The first kappa shape index (κ1) is 33.7. The first-order chi connectivity index (χ1) is 26.3. The van der Waals surface area contributed by atoms with Crippen molar-refractivity contribution in [1.82, 2.24) is 0 Å². The number of fused-ring (bicyclic) bond motifs is 12. The zero-order chi connectivity index (χ0) is 36.3. The van der Waals surface area contributed by atoms with E-state index >= 15 is 0 Å². The van der Waals surface area contributed by atoms with E-state index in [9.17, 15) is 0 Å². The minimum atomic E-state index is 0.502. The molecule has 0 amide bonds. The second kappa shape index (κ2) is 12.1. The Morgan fingerprint density at radius 2 is 0.481 bits per heavy atom. The lowest BCUT2D eigenvalue weighted by Crippen LogP contribution is -1.92. The second-order valence-electron chi connectivity index (χ2n) is 15.5. The maximum atomic E-state index is 2.58. The van der Waals surface area contributed by atoms with E-state index in [0.29, 0.717) is 23.7 Å². The van der Waals surface area contributed by atoms with Gasteiger partial charge in [-0.15, -0.1) is 90.7 Å². The Morgan fingerprint density at radius 1 is 0.296 bits per heavy atom. The van der Waals surface area contributed by atoms with Gasteiger partial charge in [-0.25, -0.2) is 0 Å². The molecule has 8 aromatic rings. The Hall–Kier alpha value is -2.40. The van der Waals surface area contributed by atoms with Gasteiger partial charge in [0, 0.05) is 102 Å². The minimum Gasteiger partial charge on any atom is -0.139 e. The molecule has 4 atom stereocenters. The lowest BCUT2D eigenvalue weighted by atomic mass is 9.95. The summed E-state index contributed by atoms with van der Waals surface area (Å²) < 4.78 is 0. The zero-order valence-electron chi connectivity index (χ0n) is 31.0. The van der Waals surface area contributed by atoms with Crippen LogP contribution in [-0.2, 0) is 0 Å². The highest BCUT2D eigenvalue weighted by molar-refractivity contribution is 7.32. The molecule has 0 N–H and O–H groups in total. The van der Waals surface area contributed by atoms with Crippen molar-refractivity contribution in [3.63, 3.8) is 0 Å². The molecule has 4 unspecified atom stereocenters. The first-order valence-electron chi connectivity index (χ1n) is 19.4. The summed E-state index contributed by atoms with van der Waals surface area (Å²) in [6, 6.07) is 20.3. The Kier molecular flexibility index (Phi) is 7.53. The fourth-order valence-electron chi connectivity index (χ4n) is 10.1. The Labute approximate surface area is 349 Å². The average molecular weight is 847 g/mol. The number of hydrogen-bond donors (Lipinski definition) is 0. The molecule has 54 heavy (non-hydrogen) atoms. The molecule has 0 radical (unpaired) electrons. The van der Waals surface area contributed by atoms with Gasteiger partial charge in [0.25, 0.3) is 0 Å². The summed E-state index contributed by atoms with van der Waals surface area (Å²) in [5.74, 6) is 2.13. The van der Waals surface area contributed by atoms with Crippen molar-refractivity contribution in [3.05, 3.63) is 103 Å². The molecule has 4 aliphatic carbocycles. The van der Waals surface area contributed by atoms with Crippen LogP contribution in [0.3, 0.4) is 0 Å². The molecule has 0 aliphatic heterocycles. The molecule has 0 spiro atoms. The van der Waals surface area contributed by atoms with E-state index in [2.05, 4.69) is 135 Å². The van der Waals surface area contributed by atoms with Crippen molar-refractivity contribution < 1.29 is 0 Å². The molecule has 0 nitrogen and oxygen atoms in total. The standard InChI is InChI=1S/C46H38S8/c1-7-21-25-11-19(5)47-39(25)41-27(21)13-33(49-41)35-15-29-23(9-3)31-17-37(53-45(31)43(29)51-35)38-18-32-24(10-4)30-16-36(52-44(30)46(32)54-38)34-14-28-22(8-2)26-12-20(6)48-40(26)42(28)50-34/h11-18,21-24H,7-10H2,1-6H3. The van der Waals surface area contributed by atoms with Crippen LogP contribution in [0.25, 0.3) is 68.3 Å². The van der Waals surface area contributed by atoms with E-state index in [1.54, 1.807) is 44.5 Å². The van der Waals surface area contributed by atoms with Gasteiger partial charge in [0.05, 0.1) is 0 Å². The summed E-state index contributed by atoms with van der Waals surface area (Å²) in [5, 5.41) is 0. The molecular formula is C46H38S8. The van der Waals surface area contributed by atoms with Gasteiger partial charge in [-0.3, -0.25) is 0 Å². The van der Waals surface area contributed by atoms with Gasteiger partial charge in [-0.1, -0.05) is 27.7 Å². The van der Waals surface area contributed by atoms with Crippen molar-refractivity contribution >= 4 is 90.7 Å². The predicted octanol–water partition coefficient (Wildman–Crippen LogP) is 17.9. The van der Waals surface area contributed by atoms with Crippen LogP contribution in [0.4, 0.5) is 0 Å². The fourth-order valence-corrected chi connectivity index (χ4v) is 20.5. The van der Waals surface area contributed by atoms with Crippen LogP contribution in [-0.4, -0.2) is 0 Å². The molecule has 0 fully saturated rings. The van der Waals surface area contributed by atoms with E-state index in [1.807, 2.05) is 45.3 Å². The van der Waals surface area contributed by atoms with E-state index in [0.717, 1.165) is 12.8 Å². The number of thiophene rings is 8. The van der Waals surface area contributed by atoms with E-state index < -0.39 is 0 Å². The maximum absolute atomic E-state index is 2.58. The monoisotopic (exact) mass is 846 g/mol. The van der Waals surface area contributed by atoms with Crippen molar-refractivity contribution in [2.75, 3.05) is 0 Å². The highest BCUT2D eigenvalue weighted by atomic mass is 32.1. The summed E-state index contributed by atoms with van der Waals surface area (Å²) in [7, 11) is 0. The molecule has 0 saturated heterocycles. The van der Waals surface area contributed by atoms with Crippen molar-refractivity contribution in [1.29, 1.82) is 0 Å². The van der Waals surface area contributed by atoms with Gasteiger partial charge in [0.1, 0.15) is 0 Å². The largest absolute Gasteiger partial charge is 0.139 e. The number of aryl methyl sites for hydroxylation is 2. The minimum absolute atomic E-state index is 0.502. The third-order valence-corrected chi connectivity index (χ3v) is 22.8. The van der Waals surface area contributed by atoms with E-state index in [-0.39, 0.29) is 0 Å². The fraction of sp³-hybridized carbons (Fsp3) is 0.304. The Bertz CT molecular complexity index is 2640. The van der Waals surface area contributed by atoms with Gasteiger partial charge in [0.15, 0.2) is 0 Å². The normalized spacial score (nSPS) is 19.6. The van der Waals surface area contributed by atoms with Crippen molar-refractivity contribution in [2.45, 2.75) is 90.9 Å². The van der Waals surface area contributed by atoms with Crippen LogP contribution in [0.5, 0.6) is 0 Å². The quantitative estimate of drug-likeness (QED) is 0.150. The lowest BCUT2D eigenvalue weighted by Gasteiger charge is -2.08. The molecule has 0 bridgehead atoms. The molecule has 8 aromatic heterocycles. The van der Waals surface area contributed by atoms with E-state index in [1.165, 1.54) is 90.9 Å². The number of hydrogen-bond acceptors (Lipinski definition) is 8. The molecule has 8 heterocycles. The molecule has 270 valence electrons. The molecule has 0 saturated carbocycles. The number of rotatable bonds is 7. The van der Waals surface area contributed by atoms with Gasteiger partial charge in [-0.2, -0.15) is 0 Å². The highest BCUT2D eigenvalue weighted by Gasteiger charge is 2.38. The van der Waals surface area contributed by atoms with Crippen molar-refractivity contribution in [2.24, 2.45) is 0 Å². The van der Waals surface area contributed by atoms with Crippen molar-refractivity contribution in [3.8, 4) is 68.3 Å². The van der Waals surface area contributed by atoms with E-state index in [4.69, 9.17) is 0 Å². The Balaban J connectivity index is 0.883. The highest BCUT2D eigenvalue weighted by Crippen LogP contribution is 2.63.